The van der Waals surface area contributed by atoms with E-state index in [9.17, 15) is 0 Å². The minimum absolute atomic E-state index is 0.689. The van der Waals surface area contributed by atoms with Crippen molar-refractivity contribution in [2.24, 2.45) is 7.05 Å². The van der Waals surface area contributed by atoms with Gasteiger partial charge in [0.2, 0.25) is 0 Å². The van der Waals surface area contributed by atoms with E-state index in [-0.39, 0.29) is 0 Å². The van der Waals surface area contributed by atoms with Crippen molar-refractivity contribution >= 4 is 16.5 Å². The molecule has 0 radical (unpaired) electrons. The first kappa shape index (κ1) is 8.18. The molecule has 6 heteroatoms. The highest BCUT2D eigenvalue weighted by Crippen LogP contribution is 2.29. The second kappa shape index (κ2) is 2.81. The summed E-state index contributed by atoms with van der Waals surface area (Å²) in [7, 11) is 1.83. The van der Waals surface area contributed by atoms with Crippen molar-refractivity contribution in [2.45, 2.75) is 6.92 Å². The Balaban J connectivity index is 2.64. The van der Waals surface area contributed by atoms with Crippen LogP contribution in [0.25, 0.3) is 11.4 Å². The van der Waals surface area contributed by atoms with Crippen LogP contribution in [0, 0.1) is 6.92 Å². The molecule has 0 saturated heterocycles. The summed E-state index contributed by atoms with van der Waals surface area (Å²) in [5, 5.41) is 4.67. The molecule has 0 atom stereocenters. The number of hydrogen-bond acceptors (Lipinski definition) is 5. The Morgan fingerprint density at radius 3 is 2.77 bits per heavy atom. The Morgan fingerprint density at radius 1 is 1.54 bits per heavy atom. The first-order valence-electron chi connectivity index (χ1n) is 3.76. The molecule has 2 heterocycles. The molecule has 0 aliphatic carbocycles. The lowest BCUT2D eigenvalue weighted by molar-refractivity contribution is 0.774. The standard InChI is InChI=1S/C7H9N5S/c1-4-5(6(8)13-11-4)7-9-3-10-12(7)2/h3H,8H2,1-2H3. The summed E-state index contributed by atoms with van der Waals surface area (Å²) in [6.45, 7) is 1.91. The van der Waals surface area contributed by atoms with Crippen molar-refractivity contribution in [1.29, 1.82) is 0 Å². The monoisotopic (exact) mass is 195 g/mol. The van der Waals surface area contributed by atoms with E-state index in [0.29, 0.717) is 5.00 Å². The Bertz CT molecular complexity index is 410. The van der Waals surface area contributed by atoms with Gasteiger partial charge in [0.05, 0.1) is 11.3 Å². The molecular formula is C7H9N5S. The van der Waals surface area contributed by atoms with Gasteiger partial charge in [0.15, 0.2) is 5.82 Å². The Hall–Kier alpha value is -1.43. The van der Waals surface area contributed by atoms with Crippen LogP contribution in [0.3, 0.4) is 0 Å². The fraction of sp³-hybridized carbons (Fsp3) is 0.286. The molecule has 0 fully saturated rings. The molecule has 68 valence electrons. The third-order valence-electron chi connectivity index (χ3n) is 1.82. The van der Waals surface area contributed by atoms with Crippen LogP contribution in [0.4, 0.5) is 5.00 Å². The number of hydrogen-bond donors (Lipinski definition) is 1. The molecule has 2 aromatic rings. The van der Waals surface area contributed by atoms with Crippen LogP contribution in [-0.2, 0) is 7.05 Å². The van der Waals surface area contributed by atoms with Gasteiger partial charge in [0.25, 0.3) is 0 Å². The van der Waals surface area contributed by atoms with Crippen LogP contribution in [0.15, 0.2) is 6.33 Å². The van der Waals surface area contributed by atoms with E-state index in [1.165, 1.54) is 17.9 Å². The average molecular weight is 195 g/mol. The first-order chi connectivity index (χ1) is 6.20. The summed E-state index contributed by atoms with van der Waals surface area (Å²) in [5.74, 6) is 0.767. The van der Waals surface area contributed by atoms with Gasteiger partial charge in [-0.25, -0.2) is 9.67 Å². The molecule has 2 rings (SSSR count). The summed E-state index contributed by atoms with van der Waals surface area (Å²) in [6.07, 6.45) is 1.51. The molecule has 0 aromatic carbocycles. The molecule has 2 N–H and O–H groups in total. The van der Waals surface area contributed by atoms with Crippen molar-refractivity contribution in [2.75, 3.05) is 5.73 Å². The van der Waals surface area contributed by atoms with Gasteiger partial charge in [-0.1, -0.05) is 0 Å². The number of aryl methyl sites for hydroxylation is 2. The minimum Gasteiger partial charge on any atom is -0.389 e. The zero-order valence-electron chi connectivity index (χ0n) is 7.35. The van der Waals surface area contributed by atoms with Crippen LogP contribution in [0.2, 0.25) is 0 Å². The zero-order chi connectivity index (χ0) is 9.42. The largest absolute Gasteiger partial charge is 0.389 e. The Kier molecular flexibility index (Phi) is 1.77. The number of rotatable bonds is 1. The summed E-state index contributed by atoms with van der Waals surface area (Å²) in [4.78, 5) is 4.12. The van der Waals surface area contributed by atoms with E-state index in [2.05, 4.69) is 14.5 Å². The van der Waals surface area contributed by atoms with E-state index in [4.69, 9.17) is 5.73 Å². The first-order valence-corrected chi connectivity index (χ1v) is 4.53. The van der Waals surface area contributed by atoms with Crippen molar-refractivity contribution in [3.8, 4) is 11.4 Å². The number of nitrogen functional groups attached to an aromatic ring is 1. The molecule has 0 unspecified atom stereocenters. The van der Waals surface area contributed by atoms with E-state index >= 15 is 0 Å². The van der Waals surface area contributed by atoms with Gasteiger partial charge in [-0.2, -0.15) is 9.47 Å². The number of anilines is 1. The molecule has 2 aromatic heterocycles. The number of aromatic nitrogens is 4. The van der Waals surface area contributed by atoms with E-state index in [1.807, 2.05) is 14.0 Å². The normalized spacial score (nSPS) is 10.6. The van der Waals surface area contributed by atoms with Gasteiger partial charge >= 0.3 is 0 Å². The van der Waals surface area contributed by atoms with Crippen molar-refractivity contribution in [3.63, 3.8) is 0 Å². The van der Waals surface area contributed by atoms with Gasteiger partial charge in [0, 0.05) is 7.05 Å². The van der Waals surface area contributed by atoms with E-state index < -0.39 is 0 Å². The van der Waals surface area contributed by atoms with Gasteiger partial charge < -0.3 is 5.73 Å². The van der Waals surface area contributed by atoms with Gasteiger partial charge in [-0.05, 0) is 18.5 Å². The zero-order valence-corrected chi connectivity index (χ0v) is 8.17. The highest BCUT2D eigenvalue weighted by molar-refractivity contribution is 7.10. The topological polar surface area (TPSA) is 69.6 Å². The lowest BCUT2D eigenvalue weighted by Gasteiger charge is -1.98. The predicted octanol–water partition coefficient (Wildman–Crippen LogP) is 0.829. The maximum atomic E-state index is 5.78. The fourth-order valence-electron chi connectivity index (χ4n) is 1.18. The average Bonchev–Trinajstić information content (AvgIpc) is 2.60. The maximum absolute atomic E-state index is 5.78. The SMILES string of the molecule is Cc1nsc(N)c1-c1ncnn1C. The molecule has 0 aliphatic rings. The van der Waals surface area contributed by atoms with Gasteiger partial charge in [0.1, 0.15) is 11.3 Å². The molecule has 0 bridgehead atoms. The third-order valence-corrected chi connectivity index (χ3v) is 2.59. The van der Waals surface area contributed by atoms with Crippen molar-refractivity contribution < 1.29 is 0 Å². The summed E-state index contributed by atoms with van der Waals surface area (Å²) in [5.41, 5.74) is 7.57. The van der Waals surface area contributed by atoms with Crippen LogP contribution in [0.5, 0.6) is 0 Å². The lowest BCUT2D eigenvalue weighted by Crippen LogP contribution is -1.97. The molecule has 13 heavy (non-hydrogen) atoms. The smallest absolute Gasteiger partial charge is 0.162 e. The molecular weight excluding hydrogens is 186 g/mol. The Labute approximate surface area is 79.4 Å². The van der Waals surface area contributed by atoms with Crippen molar-refractivity contribution in [3.05, 3.63) is 12.0 Å². The molecule has 0 spiro atoms. The van der Waals surface area contributed by atoms with E-state index in [1.54, 1.807) is 4.68 Å². The van der Waals surface area contributed by atoms with Gasteiger partial charge in [-0.3, -0.25) is 0 Å². The maximum Gasteiger partial charge on any atom is 0.162 e. The number of nitrogens with two attached hydrogens (primary N) is 1. The number of nitrogens with zero attached hydrogens (tertiary/aromatic N) is 4. The van der Waals surface area contributed by atoms with Crippen LogP contribution in [0.1, 0.15) is 5.69 Å². The van der Waals surface area contributed by atoms with Crippen LogP contribution >= 0.6 is 11.5 Å². The van der Waals surface area contributed by atoms with Crippen LogP contribution in [-0.4, -0.2) is 19.1 Å². The second-order valence-corrected chi connectivity index (χ2v) is 3.52. The van der Waals surface area contributed by atoms with Gasteiger partial charge in [-0.15, -0.1) is 0 Å². The highest BCUT2D eigenvalue weighted by atomic mass is 32.1. The Morgan fingerprint density at radius 2 is 2.31 bits per heavy atom. The molecule has 0 saturated carbocycles. The second-order valence-electron chi connectivity index (χ2n) is 2.71. The lowest BCUT2D eigenvalue weighted by atomic mass is 10.2. The molecule has 0 aliphatic heterocycles. The summed E-state index contributed by atoms with van der Waals surface area (Å²) < 4.78 is 5.84. The highest BCUT2D eigenvalue weighted by Gasteiger charge is 2.14. The summed E-state index contributed by atoms with van der Waals surface area (Å²) >= 11 is 1.28. The molecule has 5 nitrogen and oxygen atoms in total. The van der Waals surface area contributed by atoms with Crippen LogP contribution < -0.4 is 5.73 Å². The van der Waals surface area contributed by atoms with Crippen molar-refractivity contribution in [1.82, 2.24) is 19.1 Å². The van der Waals surface area contributed by atoms with E-state index in [0.717, 1.165) is 17.1 Å². The quantitative estimate of drug-likeness (QED) is 0.731. The summed E-state index contributed by atoms with van der Waals surface area (Å²) in [6, 6.07) is 0. The fourth-order valence-corrected chi connectivity index (χ4v) is 1.84. The molecule has 0 amide bonds. The predicted molar refractivity (Wildman–Crippen MR) is 51.3 cm³/mol. The minimum atomic E-state index is 0.689. The third kappa shape index (κ3) is 1.19.